The summed E-state index contributed by atoms with van der Waals surface area (Å²) in [4.78, 5) is 29.3. The third kappa shape index (κ3) is 5.98. The Balaban J connectivity index is 1.57. The van der Waals surface area contributed by atoms with Crippen LogP contribution in [0.25, 0.3) is 0 Å². The van der Waals surface area contributed by atoms with Gasteiger partial charge < -0.3 is 24.6 Å². The van der Waals surface area contributed by atoms with Crippen molar-refractivity contribution in [3.05, 3.63) is 59.2 Å². The molecule has 0 atom stereocenters. The summed E-state index contributed by atoms with van der Waals surface area (Å²) in [6.07, 6.45) is 0.0136. The molecule has 0 aliphatic carbocycles. The van der Waals surface area contributed by atoms with E-state index < -0.39 is 0 Å². The van der Waals surface area contributed by atoms with Crippen LogP contribution in [0.2, 0.25) is 0 Å². The number of methoxy groups -OCH3 is 1. The SMILES string of the molecule is COc1cc(C(=O)NCc2ccc(C(=O)N3CCN(C)CC3)cc2)ccc1OC(C)C. The fraction of sp³-hybridized carbons (Fsp3) is 0.417. The number of carbonyl (C=O) groups excluding carboxylic acids is 2. The van der Waals surface area contributed by atoms with E-state index in [1.165, 1.54) is 0 Å². The van der Waals surface area contributed by atoms with Gasteiger partial charge in [0.15, 0.2) is 11.5 Å². The average molecular weight is 426 g/mol. The molecule has 1 heterocycles. The summed E-state index contributed by atoms with van der Waals surface area (Å²) in [7, 11) is 3.62. The lowest BCUT2D eigenvalue weighted by molar-refractivity contribution is 0.0664. The fourth-order valence-electron chi connectivity index (χ4n) is 3.40. The number of benzene rings is 2. The predicted molar refractivity (Wildman–Crippen MR) is 120 cm³/mol. The predicted octanol–water partition coefficient (Wildman–Crippen LogP) is 2.80. The fourth-order valence-corrected chi connectivity index (χ4v) is 3.40. The number of likely N-dealkylation sites (N-methyl/N-ethyl adjacent to an activating group) is 1. The van der Waals surface area contributed by atoms with E-state index in [1.807, 2.05) is 43.0 Å². The Morgan fingerprint density at radius 1 is 0.968 bits per heavy atom. The molecule has 0 aromatic heterocycles. The highest BCUT2D eigenvalue weighted by Gasteiger charge is 2.20. The molecule has 31 heavy (non-hydrogen) atoms. The third-order valence-electron chi connectivity index (χ3n) is 5.23. The lowest BCUT2D eigenvalue weighted by atomic mass is 10.1. The number of nitrogens with zero attached hydrogens (tertiary/aromatic N) is 2. The Hall–Kier alpha value is -3.06. The van der Waals surface area contributed by atoms with Gasteiger partial charge in [0.05, 0.1) is 13.2 Å². The van der Waals surface area contributed by atoms with E-state index in [2.05, 4.69) is 17.3 Å². The van der Waals surface area contributed by atoms with Crippen molar-refractivity contribution in [3.63, 3.8) is 0 Å². The van der Waals surface area contributed by atoms with Crippen LogP contribution in [0.4, 0.5) is 0 Å². The maximum atomic E-state index is 12.6. The molecule has 1 fully saturated rings. The lowest BCUT2D eigenvalue weighted by Gasteiger charge is -2.32. The Kier molecular flexibility index (Phi) is 7.52. The number of rotatable bonds is 7. The minimum absolute atomic E-state index is 0.0136. The van der Waals surface area contributed by atoms with Gasteiger partial charge in [0.1, 0.15) is 0 Å². The summed E-state index contributed by atoms with van der Waals surface area (Å²) in [5, 5.41) is 2.91. The molecule has 7 heteroatoms. The smallest absolute Gasteiger partial charge is 0.253 e. The van der Waals surface area contributed by atoms with E-state index in [-0.39, 0.29) is 17.9 Å². The van der Waals surface area contributed by atoms with E-state index in [9.17, 15) is 9.59 Å². The molecule has 0 spiro atoms. The largest absolute Gasteiger partial charge is 0.493 e. The van der Waals surface area contributed by atoms with E-state index in [4.69, 9.17) is 9.47 Å². The van der Waals surface area contributed by atoms with Crippen molar-refractivity contribution in [3.8, 4) is 11.5 Å². The van der Waals surface area contributed by atoms with E-state index >= 15 is 0 Å². The quantitative estimate of drug-likeness (QED) is 0.739. The van der Waals surface area contributed by atoms with Crippen LogP contribution in [-0.4, -0.2) is 68.1 Å². The van der Waals surface area contributed by atoms with Gasteiger partial charge in [-0.3, -0.25) is 9.59 Å². The zero-order valence-corrected chi connectivity index (χ0v) is 18.7. The van der Waals surface area contributed by atoms with Crippen LogP contribution in [-0.2, 0) is 6.54 Å². The molecular weight excluding hydrogens is 394 g/mol. The first-order valence-electron chi connectivity index (χ1n) is 10.6. The highest BCUT2D eigenvalue weighted by atomic mass is 16.5. The van der Waals surface area contributed by atoms with E-state index in [1.54, 1.807) is 25.3 Å². The van der Waals surface area contributed by atoms with Crippen molar-refractivity contribution in [2.75, 3.05) is 40.3 Å². The van der Waals surface area contributed by atoms with Crippen molar-refractivity contribution in [2.24, 2.45) is 0 Å². The summed E-state index contributed by atoms with van der Waals surface area (Å²) in [6.45, 7) is 7.52. The van der Waals surface area contributed by atoms with Gasteiger partial charge in [-0.1, -0.05) is 12.1 Å². The van der Waals surface area contributed by atoms with E-state index in [0.29, 0.717) is 29.2 Å². The van der Waals surface area contributed by atoms with Crippen LogP contribution in [0.15, 0.2) is 42.5 Å². The number of piperazine rings is 1. The molecule has 2 aromatic rings. The summed E-state index contributed by atoms with van der Waals surface area (Å²) in [5.74, 6) is 0.981. The van der Waals surface area contributed by atoms with Gasteiger partial charge in [-0.2, -0.15) is 0 Å². The topological polar surface area (TPSA) is 71.1 Å². The Morgan fingerprint density at radius 2 is 1.61 bits per heavy atom. The van der Waals surface area contributed by atoms with Crippen LogP contribution < -0.4 is 14.8 Å². The van der Waals surface area contributed by atoms with Gasteiger partial charge in [0.2, 0.25) is 0 Å². The highest BCUT2D eigenvalue weighted by molar-refractivity contribution is 5.95. The Morgan fingerprint density at radius 3 is 2.23 bits per heavy atom. The minimum Gasteiger partial charge on any atom is -0.493 e. The first-order chi connectivity index (χ1) is 14.9. The monoisotopic (exact) mass is 425 g/mol. The van der Waals surface area contributed by atoms with Crippen molar-refractivity contribution in [1.82, 2.24) is 15.1 Å². The van der Waals surface area contributed by atoms with Crippen molar-refractivity contribution >= 4 is 11.8 Å². The van der Waals surface area contributed by atoms with Gasteiger partial charge in [-0.25, -0.2) is 0 Å². The normalized spacial score (nSPS) is 14.4. The number of amides is 2. The zero-order chi connectivity index (χ0) is 22.4. The maximum Gasteiger partial charge on any atom is 0.253 e. The second-order valence-corrected chi connectivity index (χ2v) is 8.01. The molecule has 0 unspecified atom stereocenters. The molecule has 0 radical (unpaired) electrons. The number of ether oxygens (including phenoxy) is 2. The van der Waals surface area contributed by atoms with Crippen LogP contribution >= 0.6 is 0 Å². The van der Waals surface area contributed by atoms with Crippen molar-refractivity contribution in [2.45, 2.75) is 26.5 Å². The summed E-state index contributed by atoms with van der Waals surface area (Å²) in [5.41, 5.74) is 2.09. The van der Waals surface area contributed by atoms with Gasteiger partial charge in [0, 0.05) is 43.9 Å². The third-order valence-corrected chi connectivity index (χ3v) is 5.23. The second kappa shape index (κ2) is 10.3. The second-order valence-electron chi connectivity index (χ2n) is 8.01. The van der Waals surface area contributed by atoms with Crippen LogP contribution in [0.1, 0.15) is 40.1 Å². The molecule has 0 saturated carbocycles. The molecule has 1 aliphatic heterocycles. The van der Waals surface area contributed by atoms with Crippen molar-refractivity contribution < 1.29 is 19.1 Å². The summed E-state index contributed by atoms with van der Waals surface area (Å²) < 4.78 is 11.0. The van der Waals surface area contributed by atoms with Gasteiger partial charge >= 0.3 is 0 Å². The maximum absolute atomic E-state index is 12.6. The summed E-state index contributed by atoms with van der Waals surface area (Å²) in [6, 6.07) is 12.5. The molecule has 7 nitrogen and oxygen atoms in total. The number of hydrogen-bond donors (Lipinski definition) is 1. The van der Waals surface area contributed by atoms with Crippen LogP contribution in [0.5, 0.6) is 11.5 Å². The minimum atomic E-state index is -0.202. The molecule has 2 aromatic carbocycles. The molecule has 1 aliphatic rings. The number of hydrogen-bond acceptors (Lipinski definition) is 5. The summed E-state index contributed by atoms with van der Waals surface area (Å²) >= 11 is 0. The Bertz CT molecular complexity index is 904. The zero-order valence-electron chi connectivity index (χ0n) is 18.7. The molecule has 1 N–H and O–H groups in total. The molecule has 0 bridgehead atoms. The van der Waals surface area contributed by atoms with Crippen molar-refractivity contribution in [1.29, 1.82) is 0 Å². The first kappa shape index (κ1) is 22.6. The first-order valence-corrected chi connectivity index (χ1v) is 10.6. The average Bonchev–Trinajstić information content (AvgIpc) is 2.77. The van der Waals surface area contributed by atoms with E-state index in [0.717, 1.165) is 31.7 Å². The highest BCUT2D eigenvalue weighted by Crippen LogP contribution is 2.29. The van der Waals surface area contributed by atoms with Gasteiger partial charge in [-0.05, 0) is 56.8 Å². The van der Waals surface area contributed by atoms with Crippen LogP contribution in [0.3, 0.4) is 0 Å². The lowest BCUT2D eigenvalue weighted by Crippen LogP contribution is -2.47. The Labute approximate surface area is 183 Å². The number of carbonyl (C=O) groups is 2. The molecule has 2 amide bonds. The van der Waals surface area contributed by atoms with Gasteiger partial charge in [0.25, 0.3) is 11.8 Å². The standard InChI is InChI=1S/C24H31N3O4/c1-17(2)31-21-10-9-20(15-22(21)30-4)23(28)25-16-18-5-7-19(8-6-18)24(29)27-13-11-26(3)12-14-27/h5-10,15,17H,11-14,16H2,1-4H3,(H,25,28). The number of nitrogens with one attached hydrogen (secondary N) is 1. The molecular formula is C24H31N3O4. The molecule has 3 rings (SSSR count). The van der Waals surface area contributed by atoms with Crippen LogP contribution in [0, 0.1) is 0 Å². The molecule has 166 valence electrons. The van der Waals surface area contributed by atoms with Gasteiger partial charge in [-0.15, -0.1) is 0 Å². The molecule has 1 saturated heterocycles.